The lowest BCUT2D eigenvalue weighted by Crippen LogP contribution is -2.12. The van der Waals surface area contributed by atoms with Gasteiger partial charge in [-0.1, -0.05) is 36.4 Å². The fourth-order valence-corrected chi connectivity index (χ4v) is 1.33. The van der Waals surface area contributed by atoms with E-state index in [1.165, 1.54) is 5.56 Å². The highest BCUT2D eigenvalue weighted by Crippen LogP contribution is 2.03. The van der Waals surface area contributed by atoms with E-state index in [2.05, 4.69) is 5.32 Å². The number of nitrogens with one attached hydrogen (secondary N) is 1. The Morgan fingerprint density at radius 2 is 1.80 bits per heavy atom. The Kier molecular flexibility index (Phi) is 6.09. The van der Waals surface area contributed by atoms with Gasteiger partial charge < -0.3 is 10.4 Å². The monoisotopic (exact) mass is 225 g/mol. The molecule has 0 atom stereocenters. The number of aliphatic hydroxyl groups excluding tert-OH is 1. The summed E-state index contributed by atoms with van der Waals surface area (Å²) in [5.74, 6) is 0.562. The van der Waals surface area contributed by atoms with E-state index in [-0.39, 0.29) is 6.61 Å². The molecule has 0 spiro atoms. The number of benzene rings is 1. The van der Waals surface area contributed by atoms with E-state index in [9.17, 15) is 0 Å². The van der Waals surface area contributed by atoms with E-state index in [4.69, 9.17) is 16.7 Å². The van der Waals surface area contributed by atoms with E-state index in [1.807, 2.05) is 36.4 Å². The summed E-state index contributed by atoms with van der Waals surface area (Å²) in [4.78, 5) is 0. The molecule has 0 saturated carbocycles. The van der Waals surface area contributed by atoms with Crippen LogP contribution in [0.4, 0.5) is 0 Å². The number of allylic oxidation sites excluding steroid dienone is 1. The predicted molar refractivity (Wildman–Crippen MR) is 63.9 cm³/mol. The molecule has 1 rings (SSSR count). The first-order valence-corrected chi connectivity index (χ1v) is 5.50. The molecule has 0 saturated heterocycles. The van der Waals surface area contributed by atoms with Gasteiger partial charge in [0.25, 0.3) is 0 Å². The summed E-state index contributed by atoms with van der Waals surface area (Å²) in [6.45, 7) is 1.76. The normalized spacial score (nSPS) is 11.1. The van der Waals surface area contributed by atoms with Gasteiger partial charge in [-0.3, -0.25) is 0 Å². The molecule has 2 N–H and O–H groups in total. The highest BCUT2D eigenvalue weighted by molar-refractivity contribution is 6.18. The molecule has 1 aromatic carbocycles. The molecule has 3 heteroatoms. The Morgan fingerprint density at radius 1 is 1.13 bits per heavy atom. The molecule has 0 amide bonds. The molecule has 0 aliphatic rings. The Morgan fingerprint density at radius 3 is 2.40 bits per heavy atom. The maximum absolute atomic E-state index is 8.86. The minimum Gasteiger partial charge on any atom is -0.392 e. The second kappa shape index (κ2) is 7.46. The lowest BCUT2D eigenvalue weighted by atomic mass is 10.1. The van der Waals surface area contributed by atoms with Crippen LogP contribution in [-0.2, 0) is 13.2 Å². The van der Waals surface area contributed by atoms with Crippen molar-refractivity contribution in [1.82, 2.24) is 5.32 Å². The number of aliphatic hydroxyl groups is 1. The van der Waals surface area contributed by atoms with Crippen LogP contribution in [0.1, 0.15) is 11.1 Å². The van der Waals surface area contributed by atoms with Crippen molar-refractivity contribution in [1.29, 1.82) is 0 Å². The molecule has 2 nitrogen and oxygen atoms in total. The van der Waals surface area contributed by atoms with E-state index in [1.54, 1.807) is 0 Å². The minimum atomic E-state index is 0.103. The topological polar surface area (TPSA) is 32.3 Å². The first kappa shape index (κ1) is 12.2. The predicted octanol–water partition coefficient (Wildman–Crippen LogP) is 2.06. The zero-order valence-corrected chi connectivity index (χ0v) is 9.37. The molecule has 1 aromatic rings. The first-order chi connectivity index (χ1) is 7.36. The third-order valence-corrected chi connectivity index (χ3v) is 2.23. The van der Waals surface area contributed by atoms with Gasteiger partial charge in [-0.05, 0) is 11.1 Å². The number of hydrogen-bond acceptors (Lipinski definition) is 2. The fraction of sp³-hybridized carbons (Fsp3) is 0.333. The van der Waals surface area contributed by atoms with Gasteiger partial charge in [-0.2, -0.15) is 0 Å². The van der Waals surface area contributed by atoms with Crippen LogP contribution < -0.4 is 5.32 Å². The Bertz CT molecular complexity index is 295. The lowest BCUT2D eigenvalue weighted by molar-refractivity contribution is 0.282. The van der Waals surface area contributed by atoms with Crippen LogP contribution in [0.15, 0.2) is 36.4 Å². The Balaban J connectivity index is 2.28. The van der Waals surface area contributed by atoms with Crippen molar-refractivity contribution >= 4 is 11.6 Å². The smallest absolute Gasteiger partial charge is 0.0681 e. The third-order valence-electron chi connectivity index (χ3n) is 2.05. The summed E-state index contributed by atoms with van der Waals surface area (Å²) in [7, 11) is 0. The summed E-state index contributed by atoms with van der Waals surface area (Å²) in [6, 6.07) is 7.91. The number of halogens is 1. The number of hydrogen-bond donors (Lipinski definition) is 2. The Labute approximate surface area is 95.6 Å². The largest absolute Gasteiger partial charge is 0.392 e. The zero-order valence-electron chi connectivity index (χ0n) is 8.62. The summed E-state index contributed by atoms with van der Waals surface area (Å²) in [5.41, 5.74) is 2.16. The van der Waals surface area contributed by atoms with Crippen molar-refractivity contribution < 1.29 is 5.11 Å². The molecule has 0 unspecified atom stereocenters. The van der Waals surface area contributed by atoms with Crippen molar-refractivity contribution in [2.24, 2.45) is 0 Å². The van der Waals surface area contributed by atoms with Crippen LogP contribution in [0.3, 0.4) is 0 Å². The standard InChI is InChI=1S/C12H16ClNO/c13-7-1-2-8-14-9-11-3-5-12(10-15)6-4-11/h1-6,14-15H,7-10H2/b2-1+. The molecular formula is C12H16ClNO. The second-order valence-electron chi connectivity index (χ2n) is 3.23. The highest BCUT2D eigenvalue weighted by Gasteiger charge is 1.92. The van der Waals surface area contributed by atoms with Crippen LogP contribution in [0.25, 0.3) is 0 Å². The maximum Gasteiger partial charge on any atom is 0.0681 e. The lowest BCUT2D eigenvalue weighted by Gasteiger charge is -2.03. The fourth-order valence-electron chi connectivity index (χ4n) is 1.21. The molecule has 0 aliphatic heterocycles. The molecule has 0 aromatic heterocycles. The zero-order chi connectivity index (χ0) is 10.9. The van der Waals surface area contributed by atoms with E-state index >= 15 is 0 Å². The van der Waals surface area contributed by atoms with Crippen LogP contribution >= 0.6 is 11.6 Å². The van der Waals surface area contributed by atoms with Gasteiger partial charge in [0.2, 0.25) is 0 Å². The molecule has 0 radical (unpaired) electrons. The SMILES string of the molecule is OCc1ccc(CNC/C=C/CCl)cc1. The first-order valence-electron chi connectivity index (χ1n) is 4.97. The van der Waals surface area contributed by atoms with Gasteiger partial charge in [-0.25, -0.2) is 0 Å². The highest BCUT2D eigenvalue weighted by atomic mass is 35.5. The van der Waals surface area contributed by atoms with Crippen LogP contribution in [0, 0.1) is 0 Å². The van der Waals surface area contributed by atoms with Gasteiger partial charge in [0, 0.05) is 19.0 Å². The quantitative estimate of drug-likeness (QED) is 0.441. The van der Waals surface area contributed by atoms with Gasteiger partial charge in [0.1, 0.15) is 0 Å². The molecule has 82 valence electrons. The second-order valence-corrected chi connectivity index (χ2v) is 3.54. The summed E-state index contributed by atoms with van der Waals surface area (Å²) in [6.07, 6.45) is 3.93. The number of rotatable bonds is 6. The average molecular weight is 226 g/mol. The van der Waals surface area contributed by atoms with Crippen LogP contribution in [0.2, 0.25) is 0 Å². The van der Waals surface area contributed by atoms with Crippen molar-refractivity contribution in [3.63, 3.8) is 0 Å². The van der Waals surface area contributed by atoms with Gasteiger partial charge in [0.15, 0.2) is 0 Å². The van der Waals surface area contributed by atoms with Gasteiger partial charge in [-0.15, -0.1) is 11.6 Å². The van der Waals surface area contributed by atoms with E-state index in [0.29, 0.717) is 5.88 Å². The van der Waals surface area contributed by atoms with Crippen LogP contribution in [-0.4, -0.2) is 17.5 Å². The van der Waals surface area contributed by atoms with E-state index < -0.39 is 0 Å². The number of alkyl halides is 1. The molecule has 0 bridgehead atoms. The van der Waals surface area contributed by atoms with Crippen molar-refractivity contribution in [2.75, 3.05) is 12.4 Å². The van der Waals surface area contributed by atoms with E-state index in [0.717, 1.165) is 18.7 Å². The molecule has 0 aliphatic carbocycles. The van der Waals surface area contributed by atoms with Gasteiger partial charge in [0.05, 0.1) is 6.61 Å². The van der Waals surface area contributed by atoms with Gasteiger partial charge >= 0.3 is 0 Å². The maximum atomic E-state index is 8.86. The third kappa shape index (κ3) is 4.98. The molecule has 0 heterocycles. The van der Waals surface area contributed by atoms with Crippen LogP contribution in [0.5, 0.6) is 0 Å². The van der Waals surface area contributed by atoms with Crippen molar-refractivity contribution in [3.05, 3.63) is 47.5 Å². The van der Waals surface area contributed by atoms with Crippen molar-refractivity contribution in [2.45, 2.75) is 13.2 Å². The summed E-state index contributed by atoms with van der Waals surface area (Å²) < 4.78 is 0. The molecule has 15 heavy (non-hydrogen) atoms. The minimum absolute atomic E-state index is 0.103. The summed E-state index contributed by atoms with van der Waals surface area (Å²) >= 11 is 5.49. The van der Waals surface area contributed by atoms with Crippen molar-refractivity contribution in [3.8, 4) is 0 Å². The average Bonchev–Trinajstić information content (AvgIpc) is 2.30. The molecular weight excluding hydrogens is 210 g/mol. The molecule has 0 fully saturated rings. The Hall–Kier alpha value is -0.830. The summed E-state index contributed by atoms with van der Waals surface area (Å²) in [5, 5.41) is 12.1.